The van der Waals surface area contributed by atoms with Crippen molar-refractivity contribution < 1.29 is 39.9 Å². The Bertz CT molecular complexity index is 1060. The van der Waals surface area contributed by atoms with Gasteiger partial charge in [-0.2, -0.15) is 21.8 Å². The molecule has 13 nitrogen and oxygen atoms in total. The average Bonchev–Trinajstić information content (AvgIpc) is 2.93. The van der Waals surface area contributed by atoms with E-state index in [1.165, 1.54) is 25.3 Å². The van der Waals surface area contributed by atoms with Crippen LogP contribution in [-0.2, 0) is 25.0 Å². The molecule has 16 heteroatoms. The number of rotatable bonds is 3. The number of halogens is 1. The van der Waals surface area contributed by atoms with E-state index in [0.717, 1.165) is 0 Å². The smallest absolute Gasteiger partial charge is 0.300 e. The molecule has 1 atom stereocenters. The zero-order valence-corrected chi connectivity index (χ0v) is 18.5. The monoisotopic (exact) mass is 483 g/mol. The summed E-state index contributed by atoms with van der Waals surface area (Å²) in [6.07, 6.45) is 0.670. The molecule has 2 rings (SSSR count). The first-order valence-electron chi connectivity index (χ1n) is 7.87. The zero-order chi connectivity index (χ0) is 24.6. The quantitative estimate of drug-likeness (QED) is 0.246. The molecule has 0 fully saturated rings. The number of ether oxygens (including phenoxy) is 1. The van der Waals surface area contributed by atoms with E-state index in [4.69, 9.17) is 25.3 Å². The molecule has 0 aromatic heterocycles. The standard InChI is InChI=1S/C13H14FN5O2.2CH4O3S/c1-6-10(12(20)19-13(15)16)18-11(17-6)8-5-7(14)3-4-9(8)21-2;2*1-5(2,3)4/h3-5,11H,1-2H3,(H4,15,16,19,20);2*1H3,(H,2,3,4). The van der Waals surface area contributed by atoms with Crippen LogP contribution in [0.15, 0.2) is 33.2 Å². The molecule has 0 aliphatic carbocycles. The van der Waals surface area contributed by atoms with Gasteiger partial charge in [0.15, 0.2) is 12.1 Å². The minimum absolute atomic E-state index is 0.0414. The number of nitrogens with zero attached hydrogens (tertiary/aromatic N) is 3. The molecule has 6 N–H and O–H groups in total. The Morgan fingerprint density at radius 3 is 2.03 bits per heavy atom. The average molecular weight is 484 g/mol. The summed E-state index contributed by atoms with van der Waals surface area (Å²) in [5.74, 6) is -1.06. The van der Waals surface area contributed by atoms with Crippen LogP contribution in [0.3, 0.4) is 0 Å². The molecule has 1 aromatic carbocycles. The van der Waals surface area contributed by atoms with Crippen LogP contribution in [0.1, 0.15) is 18.7 Å². The van der Waals surface area contributed by atoms with Crippen molar-refractivity contribution in [2.75, 3.05) is 19.6 Å². The number of methoxy groups -OCH3 is 1. The fourth-order valence-electron chi connectivity index (χ4n) is 1.92. The Kier molecular flexibility index (Phi) is 10.4. The SMILES string of the molecule is COc1ccc(F)cc1C1N=C(C)C(C(=O)N=C(N)N)=N1.CS(=O)(=O)O.CS(=O)(=O)O. The number of amides is 1. The second-order valence-electron chi connectivity index (χ2n) is 5.76. The van der Waals surface area contributed by atoms with Gasteiger partial charge in [-0.15, -0.1) is 0 Å². The fourth-order valence-corrected chi connectivity index (χ4v) is 1.92. The molecule has 174 valence electrons. The number of hydrogen-bond donors (Lipinski definition) is 4. The lowest BCUT2D eigenvalue weighted by Gasteiger charge is -2.10. The number of carbonyl (C=O) groups is 1. The molecule has 0 saturated carbocycles. The fraction of sp³-hybridized carbons (Fsp3) is 0.333. The third-order valence-electron chi connectivity index (χ3n) is 2.81. The van der Waals surface area contributed by atoms with Crippen LogP contribution in [0.4, 0.5) is 4.39 Å². The molecule has 1 aromatic rings. The lowest BCUT2D eigenvalue weighted by molar-refractivity contribution is -0.111. The predicted octanol–water partition coefficient (Wildman–Crippen LogP) is -0.444. The molecule has 0 radical (unpaired) electrons. The summed E-state index contributed by atoms with van der Waals surface area (Å²) < 4.78 is 70.3. The second-order valence-corrected chi connectivity index (χ2v) is 8.69. The normalized spacial score (nSPS) is 15.3. The van der Waals surface area contributed by atoms with E-state index in [0.29, 0.717) is 29.5 Å². The van der Waals surface area contributed by atoms with E-state index < -0.39 is 38.1 Å². The van der Waals surface area contributed by atoms with E-state index in [2.05, 4.69) is 15.0 Å². The highest BCUT2D eigenvalue weighted by Crippen LogP contribution is 2.32. The van der Waals surface area contributed by atoms with E-state index in [1.54, 1.807) is 6.92 Å². The molecule has 1 amide bonds. The highest BCUT2D eigenvalue weighted by atomic mass is 32.2. The van der Waals surface area contributed by atoms with Crippen LogP contribution in [0, 0.1) is 5.82 Å². The van der Waals surface area contributed by atoms with Gasteiger partial charge in [-0.3, -0.25) is 18.9 Å². The van der Waals surface area contributed by atoms with Gasteiger partial charge in [0, 0.05) is 5.56 Å². The van der Waals surface area contributed by atoms with Crippen molar-refractivity contribution in [2.24, 2.45) is 26.4 Å². The summed E-state index contributed by atoms with van der Waals surface area (Å²) >= 11 is 0. The lowest BCUT2D eigenvalue weighted by Crippen LogP contribution is -2.27. The van der Waals surface area contributed by atoms with Crippen LogP contribution in [0.5, 0.6) is 5.75 Å². The molecule has 0 bridgehead atoms. The maximum Gasteiger partial charge on any atom is 0.300 e. The first kappa shape index (κ1) is 28.1. The topological polar surface area (TPSA) is 224 Å². The van der Waals surface area contributed by atoms with Crippen molar-refractivity contribution in [1.29, 1.82) is 0 Å². The Labute approximate surface area is 178 Å². The minimum atomic E-state index is -3.67. The Morgan fingerprint density at radius 1 is 1.13 bits per heavy atom. The van der Waals surface area contributed by atoms with Crippen molar-refractivity contribution in [3.05, 3.63) is 29.6 Å². The molecule has 1 heterocycles. The van der Waals surface area contributed by atoms with Crippen molar-refractivity contribution in [3.63, 3.8) is 0 Å². The highest BCUT2D eigenvalue weighted by Gasteiger charge is 2.26. The van der Waals surface area contributed by atoms with Gasteiger partial charge in [-0.25, -0.2) is 9.38 Å². The third-order valence-corrected chi connectivity index (χ3v) is 2.81. The molecule has 0 spiro atoms. The summed E-state index contributed by atoms with van der Waals surface area (Å²) in [6.45, 7) is 1.60. The van der Waals surface area contributed by atoms with Crippen molar-refractivity contribution >= 4 is 43.5 Å². The number of guanidine groups is 1. The van der Waals surface area contributed by atoms with Crippen LogP contribution < -0.4 is 16.2 Å². The minimum Gasteiger partial charge on any atom is -0.496 e. The van der Waals surface area contributed by atoms with Crippen molar-refractivity contribution in [2.45, 2.75) is 13.1 Å². The van der Waals surface area contributed by atoms with Gasteiger partial charge in [0.25, 0.3) is 26.1 Å². The number of hydrogen-bond acceptors (Lipinski definition) is 8. The van der Waals surface area contributed by atoms with Gasteiger partial charge in [0.1, 0.15) is 17.3 Å². The summed E-state index contributed by atoms with van der Waals surface area (Å²) in [5.41, 5.74) is 11.2. The van der Waals surface area contributed by atoms with E-state index in [9.17, 15) is 26.0 Å². The highest BCUT2D eigenvalue weighted by molar-refractivity contribution is 7.85. The lowest BCUT2D eigenvalue weighted by atomic mass is 10.1. The maximum absolute atomic E-state index is 13.4. The number of benzene rings is 1. The molecule has 1 aliphatic rings. The summed E-state index contributed by atoms with van der Waals surface area (Å²) in [5, 5.41) is 0. The van der Waals surface area contributed by atoms with Crippen LogP contribution >= 0.6 is 0 Å². The molecule has 1 unspecified atom stereocenters. The van der Waals surface area contributed by atoms with E-state index in [1.807, 2.05) is 0 Å². The van der Waals surface area contributed by atoms with Crippen molar-refractivity contribution in [3.8, 4) is 5.75 Å². The van der Waals surface area contributed by atoms with Gasteiger partial charge in [0.05, 0.1) is 25.3 Å². The first-order valence-corrected chi connectivity index (χ1v) is 11.6. The molecular weight excluding hydrogens is 461 g/mol. The molecule has 1 aliphatic heterocycles. The Balaban J connectivity index is 0.000000752. The number of aliphatic imine (C=N–C) groups is 3. The second kappa shape index (κ2) is 11.4. The van der Waals surface area contributed by atoms with E-state index in [-0.39, 0.29) is 11.7 Å². The van der Waals surface area contributed by atoms with Crippen LogP contribution in [-0.4, -0.2) is 68.9 Å². The van der Waals surface area contributed by atoms with E-state index >= 15 is 0 Å². The number of carbonyl (C=O) groups excluding carboxylic acids is 1. The number of nitrogens with two attached hydrogens (primary N) is 2. The van der Waals surface area contributed by atoms with Gasteiger partial charge in [0.2, 0.25) is 0 Å². The predicted molar refractivity (Wildman–Crippen MR) is 112 cm³/mol. The summed E-state index contributed by atoms with van der Waals surface area (Å²) in [6, 6.07) is 4.00. The zero-order valence-electron chi connectivity index (χ0n) is 16.8. The third kappa shape index (κ3) is 13.1. The van der Waals surface area contributed by atoms with Crippen molar-refractivity contribution in [1.82, 2.24) is 0 Å². The van der Waals surface area contributed by atoms with Gasteiger partial charge >= 0.3 is 0 Å². The van der Waals surface area contributed by atoms with Gasteiger partial charge in [-0.05, 0) is 25.1 Å². The van der Waals surface area contributed by atoms with Gasteiger partial charge in [-0.1, -0.05) is 0 Å². The largest absolute Gasteiger partial charge is 0.496 e. The summed E-state index contributed by atoms with van der Waals surface area (Å²) in [7, 11) is -5.88. The maximum atomic E-state index is 13.4. The Morgan fingerprint density at radius 2 is 1.61 bits per heavy atom. The molecule has 0 saturated heterocycles. The van der Waals surface area contributed by atoms with Crippen LogP contribution in [0.2, 0.25) is 0 Å². The molecule has 31 heavy (non-hydrogen) atoms. The molecular formula is C15H22FN5O8S2. The first-order chi connectivity index (χ1) is 13.9. The van der Waals surface area contributed by atoms with Gasteiger partial charge < -0.3 is 16.2 Å². The van der Waals surface area contributed by atoms with Crippen LogP contribution in [0.25, 0.3) is 0 Å². The Hall–Kier alpha value is -2.95. The summed E-state index contributed by atoms with van der Waals surface area (Å²) in [4.78, 5) is 23.6.